The number of hydrogen-bond donors (Lipinski definition) is 1. The number of halogens is 1. The van der Waals surface area contributed by atoms with Crippen LogP contribution in [-0.4, -0.2) is 42.0 Å². The molecule has 0 spiro atoms. The molecule has 1 aromatic heterocycles. The maximum Gasteiger partial charge on any atom is 0.243 e. The number of benzene rings is 2. The lowest BCUT2D eigenvalue weighted by Gasteiger charge is -2.17. The van der Waals surface area contributed by atoms with Gasteiger partial charge in [-0.2, -0.15) is 9.40 Å². The number of amides is 1. The molecule has 7 nitrogen and oxygen atoms in total. The van der Waals surface area contributed by atoms with Gasteiger partial charge in [0.15, 0.2) is 0 Å². The van der Waals surface area contributed by atoms with E-state index in [4.69, 9.17) is 0 Å². The van der Waals surface area contributed by atoms with Crippen LogP contribution in [0.15, 0.2) is 76.4 Å². The minimum Gasteiger partial charge on any atom is -0.351 e. The second-order valence-corrected chi connectivity index (χ2v) is 9.07. The summed E-state index contributed by atoms with van der Waals surface area (Å²) < 4.78 is 28.6. The van der Waals surface area contributed by atoms with Crippen molar-refractivity contribution in [3.8, 4) is 5.69 Å². The number of nitrogens with zero attached hydrogens (tertiary/aromatic N) is 3. The molecule has 0 unspecified atom stereocenters. The molecule has 146 valence electrons. The minimum atomic E-state index is -3.72. The molecule has 2 aromatic carbocycles. The molecule has 3 aromatic rings. The Morgan fingerprint density at radius 1 is 1.14 bits per heavy atom. The fourth-order valence-electron chi connectivity index (χ4n) is 2.52. The van der Waals surface area contributed by atoms with E-state index in [1.807, 2.05) is 36.5 Å². The van der Waals surface area contributed by atoms with E-state index in [1.165, 1.54) is 19.2 Å². The maximum atomic E-state index is 12.5. The molecule has 3 rings (SSSR count). The first-order valence-electron chi connectivity index (χ1n) is 8.44. The predicted octanol–water partition coefficient (Wildman–Crippen LogP) is 2.57. The highest BCUT2D eigenvalue weighted by molar-refractivity contribution is 9.10. The monoisotopic (exact) mass is 462 g/mol. The normalized spacial score (nSPS) is 11.5. The van der Waals surface area contributed by atoms with Crippen LogP contribution in [0, 0.1) is 0 Å². The molecule has 28 heavy (non-hydrogen) atoms. The SMILES string of the molecule is CN(CC(=O)NCc1ccc(-n2cccn2)cc1)S(=O)(=O)c1ccc(Br)cc1. The van der Waals surface area contributed by atoms with E-state index in [0.717, 1.165) is 20.0 Å². The number of carbonyl (C=O) groups excluding carboxylic acids is 1. The molecule has 1 N–H and O–H groups in total. The molecule has 1 amide bonds. The van der Waals surface area contributed by atoms with E-state index in [1.54, 1.807) is 23.0 Å². The summed E-state index contributed by atoms with van der Waals surface area (Å²) in [5.41, 5.74) is 1.82. The summed E-state index contributed by atoms with van der Waals surface area (Å²) in [7, 11) is -2.34. The third-order valence-electron chi connectivity index (χ3n) is 4.08. The largest absolute Gasteiger partial charge is 0.351 e. The summed E-state index contributed by atoms with van der Waals surface area (Å²) in [6.45, 7) is 0.0498. The molecule has 0 aliphatic rings. The molecule has 0 aliphatic heterocycles. The van der Waals surface area contributed by atoms with Crippen LogP contribution in [-0.2, 0) is 21.4 Å². The highest BCUT2D eigenvalue weighted by Crippen LogP contribution is 2.17. The molecule has 0 saturated heterocycles. The lowest BCUT2D eigenvalue weighted by atomic mass is 10.2. The van der Waals surface area contributed by atoms with Gasteiger partial charge < -0.3 is 5.32 Å². The van der Waals surface area contributed by atoms with Gasteiger partial charge in [-0.25, -0.2) is 13.1 Å². The van der Waals surface area contributed by atoms with Gasteiger partial charge >= 0.3 is 0 Å². The van der Waals surface area contributed by atoms with Crippen LogP contribution in [0.2, 0.25) is 0 Å². The van der Waals surface area contributed by atoms with Gasteiger partial charge in [0, 0.05) is 30.5 Å². The van der Waals surface area contributed by atoms with Gasteiger partial charge in [-0.15, -0.1) is 0 Å². The Hall–Kier alpha value is -2.49. The molecular weight excluding hydrogens is 444 g/mol. The highest BCUT2D eigenvalue weighted by Gasteiger charge is 2.22. The number of likely N-dealkylation sites (N-methyl/N-ethyl adjacent to an activating group) is 1. The lowest BCUT2D eigenvalue weighted by Crippen LogP contribution is -2.38. The summed E-state index contributed by atoms with van der Waals surface area (Å²) in [6, 6.07) is 15.7. The van der Waals surface area contributed by atoms with Gasteiger partial charge in [-0.05, 0) is 48.0 Å². The Balaban J connectivity index is 1.55. The average molecular weight is 463 g/mol. The second-order valence-electron chi connectivity index (χ2n) is 6.11. The Morgan fingerprint density at radius 3 is 2.43 bits per heavy atom. The van der Waals surface area contributed by atoms with Gasteiger partial charge in [0.25, 0.3) is 0 Å². The van der Waals surface area contributed by atoms with Crippen molar-refractivity contribution in [1.82, 2.24) is 19.4 Å². The minimum absolute atomic E-state index is 0.139. The Bertz CT molecular complexity index is 1030. The van der Waals surface area contributed by atoms with E-state index >= 15 is 0 Å². The summed E-state index contributed by atoms with van der Waals surface area (Å²) >= 11 is 3.27. The van der Waals surface area contributed by atoms with Crippen molar-refractivity contribution in [2.45, 2.75) is 11.4 Å². The number of carbonyl (C=O) groups is 1. The molecule has 0 aliphatic carbocycles. The van der Waals surface area contributed by atoms with Crippen LogP contribution in [0.25, 0.3) is 5.69 Å². The topological polar surface area (TPSA) is 84.3 Å². The number of rotatable bonds is 7. The number of nitrogens with one attached hydrogen (secondary N) is 1. The smallest absolute Gasteiger partial charge is 0.243 e. The molecule has 1 heterocycles. The third kappa shape index (κ3) is 4.86. The Kier molecular flexibility index (Phi) is 6.28. The van der Waals surface area contributed by atoms with Gasteiger partial charge in [-0.3, -0.25) is 4.79 Å². The van der Waals surface area contributed by atoms with E-state index in [0.29, 0.717) is 6.54 Å². The van der Waals surface area contributed by atoms with Crippen molar-refractivity contribution in [2.75, 3.05) is 13.6 Å². The van der Waals surface area contributed by atoms with Crippen molar-refractivity contribution in [3.05, 3.63) is 77.0 Å². The zero-order valence-corrected chi connectivity index (χ0v) is 17.5. The number of sulfonamides is 1. The second kappa shape index (κ2) is 8.68. The van der Waals surface area contributed by atoms with Gasteiger partial charge in [-0.1, -0.05) is 28.1 Å². The zero-order valence-electron chi connectivity index (χ0n) is 15.1. The zero-order chi connectivity index (χ0) is 20.1. The lowest BCUT2D eigenvalue weighted by molar-refractivity contribution is -0.121. The van der Waals surface area contributed by atoms with Crippen LogP contribution in [0.1, 0.15) is 5.56 Å². The van der Waals surface area contributed by atoms with E-state index in [9.17, 15) is 13.2 Å². The van der Waals surface area contributed by atoms with Crippen LogP contribution < -0.4 is 5.32 Å². The highest BCUT2D eigenvalue weighted by atomic mass is 79.9. The molecule has 0 bridgehead atoms. The summed E-state index contributed by atoms with van der Waals surface area (Å²) in [5.74, 6) is -0.376. The summed E-state index contributed by atoms with van der Waals surface area (Å²) in [5, 5.41) is 6.90. The van der Waals surface area contributed by atoms with Gasteiger partial charge in [0.2, 0.25) is 15.9 Å². The Labute approximate surface area is 172 Å². The fraction of sp³-hybridized carbons (Fsp3) is 0.158. The first-order valence-corrected chi connectivity index (χ1v) is 10.7. The average Bonchev–Trinajstić information content (AvgIpc) is 3.22. The van der Waals surface area contributed by atoms with Crippen molar-refractivity contribution in [1.29, 1.82) is 0 Å². The molecule has 9 heteroatoms. The summed E-state index contributed by atoms with van der Waals surface area (Å²) in [6.07, 6.45) is 3.55. The van der Waals surface area contributed by atoms with Gasteiger partial charge in [0.1, 0.15) is 0 Å². The van der Waals surface area contributed by atoms with Crippen LogP contribution in [0.5, 0.6) is 0 Å². The van der Waals surface area contributed by atoms with Crippen molar-refractivity contribution < 1.29 is 13.2 Å². The molecule has 0 saturated carbocycles. The number of hydrogen-bond acceptors (Lipinski definition) is 4. The Morgan fingerprint density at radius 2 is 1.82 bits per heavy atom. The van der Waals surface area contributed by atoms with E-state index < -0.39 is 10.0 Å². The standard InChI is InChI=1S/C19H19BrN4O3S/c1-23(28(26,27)18-9-5-16(20)6-10-18)14-19(25)21-13-15-3-7-17(8-4-15)24-12-2-11-22-24/h2-12H,13-14H2,1H3,(H,21,25). The maximum absolute atomic E-state index is 12.5. The molecule has 0 radical (unpaired) electrons. The molecular formula is C19H19BrN4O3S. The fourth-order valence-corrected chi connectivity index (χ4v) is 3.91. The van der Waals surface area contributed by atoms with E-state index in [2.05, 4.69) is 26.3 Å². The van der Waals surface area contributed by atoms with E-state index in [-0.39, 0.29) is 17.3 Å². The van der Waals surface area contributed by atoms with Crippen LogP contribution in [0.4, 0.5) is 0 Å². The summed E-state index contributed by atoms with van der Waals surface area (Å²) in [4.78, 5) is 12.3. The molecule has 0 atom stereocenters. The number of aromatic nitrogens is 2. The van der Waals surface area contributed by atoms with Crippen LogP contribution in [0.3, 0.4) is 0 Å². The van der Waals surface area contributed by atoms with Crippen molar-refractivity contribution in [2.24, 2.45) is 0 Å². The van der Waals surface area contributed by atoms with Crippen molar-refractivity contribution in [3.63, 3.8) is 0 Å². The predicted molar refractivity (Wildman–Crippen MR) is 109 cm³/mol. The third-order valence-corrected chi connectivity index (χ3v) is 6.43. The first-order chi connectivity index (χ1) is 13.4. The van der Waals surface area contributed by atoms with Crippen LogP contribution >= 0.6 is 15.9 Å². The molecule has 0 fully saturated rings. The van der Waals surface area contributed by atoms with Gasteiger partial charge in [0.05, 0.1) is 17.1 Å². The first kappa shape index (κ1) is 20.2. The van der Waals surface area contributed by atoms with Crippen molar-refractivity contribution >= 4 is 31.9 Å². The quantitative estimate of drug-likeness (QED) is 0.584.